The number of piperidine rings is 1. The highest BCUT2D eigenvalue weighted by Crippen LogP contribution is 2.41. The first-order chi connectivity index (χ1) is 15.2. The number of ether oxygens (including phenoxy) is 2. The molecule has 2 aliphatic rings. The lowest BCUT2D eigenvalue weighted by atomic mass is 9.88. The molecule has 1 atom stereocenters. The van der Waals surface area contributed by atoms with Crippen LogP contribution in [0.1, 0.15) is 44.7 Å². The van der Waals surface area contributed by atoms with E-state index in [-0.39, 0.29) is 22.8 Å². The van der Waals surface area contributed by atoms with Gasteiger partial charge < -0.3 is 14.8 Å². The Morgan fingerprint density at radius 3 is 2.47 bits per heavy atom. The van der Waals surface area contributed by atoms with E-state index in [1.54, 1.807) is 37.4 Å². The zero-order chi connectivity index (χ0) is 22.9. The van der Waals surface area contributed by atoms with Crippen molar-refractivity contribution in [3.05, 3.63) is 54.1 Å². The van der Waals surface area contributed by atoms with Gasteiger partial charge in [-0.25, -0.2) is 8.42 Å². The van der Waals surface area contributed by atoms with Gasteiger partial charge in [0.2, 0.25) is 15.9 Å². The lowest BCUT2D eigenvalue weighted by molar-refractivity contribution is -0.127. The fraction of sp³-hybridized carbons (Fsp3) is 0.458. The number of methoxy groups -OCH3 is 1. The molecule has 0 aromatic heterocycles. The second-order valence-electron chi connectivity index (χ2n) is 9.02. The van der Waals surface area contributed by atoms with E-state index in [9.17, 15) is 13.2 Å². The van der Waals surface area contributed by atoms with Crippen molar-refractivity contribution >= 4 is 15.9 Å². The second kappa shape index (κ2) is 8.75. The van der Waals surface area contributed by atoms with Crippen molar-refractivity contribution in [3.8, 4) is 11.5 Å². The van der Waals surface area contributed by atoms with Crippen molar-refractivity contribution in [3.63, 3.8) is 0 Å². The van der Waals surface area contributed by atoms with E-state index in [2.05, 4.69) is 5.32 Å². The van der Waals surface area contributed by atoms with Crippen molar-refractivity contribution in [2.75, 3.05) is 20.2 Å². The molecule has 1 amide bonds. The second-order valence-corrected chi connectivity index (χ2v) is 11.0. The molecule has 8 heteroatoms. The number of carbonyl (C=O) groups is 1. The first-order valence-corrected chi connectivity index (χ1v) is 12.4. The zero-order valence-electron chi connectivity index (χ0n) is 18.7. The Morgan fingerprint density at radius 2 is 1.81 bits per heavy atom. The highest BCUT2D eigenvalue weighted by atomic mass is 32.2. The van der Waals surface area contributed by atoms with Gasteiger partial charge in [-0.15, -0.1) is 0 Å². The third-order valence-corrected chi connectivity index (χ3v) is 8.11. The number of nitrogens with one attached hydrogen (secondary N) is 1. The first-order valence-electron chi connectivity index (χ1n) is 10.9. The summed E-state index contributed by atoms with van der Waals surface area (Å²) in [7, 11) is -1.92. The minimum atomic E-state index is -3.53. The number of nitrogens with zero attached hydrogens (tertiary/aromatic N) is 1. The average Bonchev–Trinajstić information content (AvgIpc) is 2.79. The lowest BCUT2D eigenvalue weighted by Gasteiger charge is -2.39. The van der Waals surface area contributed by atoms with Crippen molar-refractivity contribution in [1.29, 1.82) is 0 Å². The largest absolute Gasteiger partial charge is 0.497 e. The Balaban J connectivity index is 1.43. The molecule has 2 heterocycles. The van der Waals surface area contributed by atoms with Crippen molar-refractivity contribution in [1.82, 2.24) is 9.62 Å². The van der Waals surface area contributed by atoms with Crippen LogP contribution in [-0.2, 0) is 14.8 Å². The quantitative estimate of drug-likeness (QED) is 0.741. The molecule has 1 saturated heterocycles. The van der Waals surface area contributed by atoms with Crippen molar-refractivity contribution in [2.24, 2.45) is 5.92 Å². The van der Waals surface area contributed by atoms with Gasteiger partial charge in [-0.05, 0) is 57.0 Å². The Labute approximate surface area is 189 Å². The average molecular weight is 459 g/mol. The molecular formula is C24H30N2O5S. The fourth-order valence-corrected chi connectivity index (χ4v) is 5.97. The maximum Gasteiger partial charge on any atom is 0.243 e. The number of amides is 1. The number of rotatable bonds is 5. The third-order valence-electron chi connectivity index (χ3n) is 6.20. The van der Waals surface area contributed by atoms with Crippen LogP contribution in [0.25, 0.3) is 0 Å². The Morgan fingerprint density at radius 1 is 1.12 bits per heavy atom. The topological polar surface area (TPSA) is 84.9 Å². The summed E-state index contributed by atoms with van der Waals surface area (Å²) in [5.41, 5.74) is 0.494. The van der Waals surface area contributed by atoms with Crippen LogP contribution in [0.3, 0.4) is 0 Å². The van der Waals surface area contributed by atoms with Crippen molar-refractivity contribution in [2.45, 2.75) is 49.6 Å². The van der Waals surface area contributed by atoms with Crippen LogP contribution in [0.4, 0.5) is 0 Å². The molecule has 1 unspecified atom stereocenters. The smallest absolute Gasteiger partial charge is 0.243 e. The lowest BCUT2D eigenvalue weighted by Crippen LogP contribution is -2.46. The van der Waals surface area contributed by atoms with Crippen LogP contribution in [0.2, 0.25) is 0 Å². The molecule has 0 saturated carbocycles. The Kier molecular flexibility index (Phi) is 6.18. The summed E-state index contributed by atoms with van der Waals surface area (Å²) >= 11 is 0. The fourth-order valence-electron chi connectivity index (χ4n) is 4.48. The molecule has 2 aromatic rings. The summed E-state index contributed by atoms with van der Waals surface area (Å²) in [5.74, 6) is 1.19. The zero-order valence-corrected chi connectivity index (χ0v) is 19.5. The highest BCUT2D eigenvalue weighted by Gasteiger charge is 2.37. The molecule has 4 rings (SSSR count). The van der Waals surface area contributed by atoms with E-state index >= 15 is 0 Å². The van der Waals surface area contributed by atoms with Gasteiger partial charge in [-0.3, -0.25) is 4.79 Å². The normalized spacial score (nSPS) is 21.3. The summed E-state index contributed by atoms with van der Waals surface area (Å²) < 4.78 is 38.6. The number of hydrogen-bond donors (Lipinski definition) is 1. The van der Waals surface area contributed by atoms with E-state index < -0.39 is 15.6 Å². The predicted octanol–water partition coefficient (Wildman–Crippen LogP) is 3.51. The molecule has 1 fully saturated rings. The van der Waals surface area contributed by atoms with Crippen LogP contribution < -0.4 is 14.8 Å². The summed E-state index contributed by atoms with van der Waals surface area (Å²) in [4.78, 5) is 13.4. The molecule has 0 radical (unpaired) electrons. The molecule has 0 aliphatic carbocycles. The van der Waals surface area contributed by atoms with E-state index in [4.69, 9.17) is 9.47 Å². The number of fused-ring (bicyclic) bond motifs is 1. The Bertz CT molecular complexity index is 1080. The van der Waals surface area contributed by atoms with Crippen LogP contribution in [0.5, 0.6) is 11.5 Å². The van der Waals surface area contributed by atoms with Crippen LogP contribution in [0.15, 0.2) is 53.4 Å². The van der Waals surface area contributed by atoms with Crippen LogP contribution >= 0.6 is 0 Å². The summed E-state index contributed by atoms with van der Waals surface area (Å²) in [6, 6.07) is 13.9. The number of hydrogen-bond acceptors (Lipinski definition) is 5. The van der Waals surface area contributed by atoms with Crippen molar-refractivity contribution < 1.29 is 22.7 Å². The number of carbonyl (C=O) groups excluding carboxylic acids is 1. The third kappa shape index (κ3) is 4.61. The predicted molar refractivity (Wildman–Crippen MR) is 121 cm³/mol. The molecule has 2 aliphatic heterocycles. The maximum atomic E-state index is 13.1. The molecule has 1 N–H and O–H groups in total. The SMILES string of the molecule is COc1ccc2c(c1)C(NC(=O)C1CCN(S(=O)(=O)c3ccccc3)CC1)CC(C)(C)O2. The monoisotopic (exact) mass is 458 g/mol. The van der Waals surface area contributed by atoms with Crippen LogP contribution in [-0.4, -0.2) is 44.4 Å². The van der Waals surface area contributed by atoms with E-state index in [0.29, 0.717) is 38.1 Å². The summed E-state index contributed by atoms with van der Waals surface area (Å²) in [6.07, 6.45) is 1.63. The molecular weight excluding hydrogens is 428 g/mol. The number of benzene rings is 2. The van der Waals surface area contributed by atoms with Gasteiger partial charge in [0.05, 0.1) is 18.0 Å². The number of sulfonamides is 1. The molecule has 32 heavy (non-hydrogen) atoms. The van der Waals surface area contributed by atoms with Gasteiger partial charge in [-0.2, -0.15) is 4.31 Å². The van der Waals surface area contributed by atoms with Gasteiger partial charge in [0.1, 0.15) is 17.1 Å². The van der Waals surface area contributed by atoms with E-state index in [0.717, 1.165) is 11.3 Å². The first kappa shape index (κ1) is 22.6. The van der Waals surface area contributed by atoms with Gasteiger partial charge in [-0.1, -0.05) is 18.2 Å². The molecule has 7 nitrogen and oxygen atoms in total. The van der Waals surface area contributed by atoms with Gasteiger partial charge in [0, 0.05) is 31.0 Å². The maximum absolute atomic E-state index is 13.1. The molecule has 0 bridgehead atoms. The van der Waals surface area contributed by atoms with Gasteiger partial charge >= 0.3 is 0 Å². The summed E-state index contributed by atoms with van der Waals surface area (Å²) in [5, 5.41) is 3.19. The molecule has 0 spiro atoms. The standard InChI is InChI=1S/C24H30N2O5S/c1-24(2)16-21(20-15-18(30-3)9-10-22(20)31-24)25-23(27)17-11-13-26(14-12-17)32(28,29)19-7-5-4-6-8-19/h4-10,15,17,21H,11-14,16H2,1-3H3,(H,25,27). The minimum absolute atomic E-state index is 0.0433. The van der Waals surface area contributed by atoms with E-state index in [1.165, 1.54) is 4.31 Å². The van der Waals surface area contributed by atoms with E-state index in [1.807, 2.05) is 32.0 Å². The van der Waals surface area contributed by atoms with Gasteiger partial charge in [0.25, 0.3) is 0 Å². The minimum Gasteiger partial charge on any atom is -0.497 e. The summed E-state index contributed by atoms with van der Waals surface area (Å²) in [6.45, 7) is 4.68. The van der Waals surface area contributed by atoms with Gasteiger partial charge in [0.15, 0.2) is 0 Å². The Hall–Kier alpha value is -2.58. The highest BCUT2D eigenvalue weighted by molar-refractivity contribution is 7.89. The molecule has 2 aromatic carbocycles. The molecule has 172 valence electrons. The van der Waals surface area contributed by atoms with Crippen LogP contribution in [0, 0.1) is 5.92 Å².